The third-order valence-electron chi connectivity index (χ3n) is 3.28. The Labute approximate surface area is 128 Å². The lowest BCUT2D eigenvalue weighted by atomic mass is 10.3. The Kier molecular flexibility index (Phi) is 5.98. The van der Waals surface area contributed by atoms with E-state index in [1.807, 2.05) is 0 Å². The van der Waals surface area contributed by atoms with Gasteiger partial charge in [-0.15, -0.1) is 0 Å². The Bertz CT molecular complexity index is 513. The number of hydrogen-bond donors (Lipinski definition) is 2. The fourth-order valence-corrected chi connectivity index (χ4v) is 3.48. The number of sulfonamides is 1. The van der Waals surface area contributed by atoms with E-state index in [0.717, 1.165) is 43.6 Å². The van der Waals surface area contributed by atoms with Crippen molar-refractivity contribution < 1.29 is 8.42 Å². The molecule has 1 heterocycles. The van der Waals surface area contributed by atoms with Crippen molar-refractivity contribution >= 4 is 26.0 Å². The number of halogens is 1. The quantitative estimate of drug-likeness (QED) is 0.742. The monoisotopic (exact) mass is 361 g/mol. The predicted octanol–water partition coefficient (Wildman–Crippen LogP) is 1.02. The Morgan fingerprint density at radius 1 is 1.20 bits per heavy atom. The molecule has 0 spiro atoms. The molecule has 1 aromatic carbocycles. The van der Waals surface area contributed by atoms with Crippen LogP contribution in [0.2, 0.25) is 0 Å². The standard InChI is InChI=1S/C13H20BrN3O2S/c14-12-2-4-13(5-3-12)20(18,19)16-6-1-9-17-10-7-15-8-11-17/h2-5,15-16H,1,6-11H2. The first-order chi connectivity index (χ1) is 9.58. The van der Waals surface area contributed by atoms with Gasteiger partial charge in [0.25, 0.3) is 0 Å². The minimum absolute atomic E-state index is 0.308. The minimum Gasteiger partial charge on any atom is -0.314 e. The van der Waals surface area contributed by atoms with Crippen LogP contribution in [0, 0.1) is 0 Å². The van der Waals surface area contributed by atoms with Gasteiger partial charge in [0.1, 0.15) is 0 Å². The highest BCUT2D eigenvalue weighted by Gasteiger charge is 2.13. The van der Waals surface area contributed by atoms with E-state index < -0.39 is 10.0 Å². The molecule has 20 heavy (non-hydrogen) atoms. The van der Waals surface area contributed by atoms with Crippen LogP contribution >= 0.6 is 15.9 Å². The summed E-state index contributed by atoms with van der Waals surface area (Å²) in [5.74, 6) is 0. The summed E-state index contributed by atoms with van der Waals surface area (Å²) in [6.07, 6.45) is 0.829. The number of nitrogens with one attached hydrogen (secondary N) is 2. The smallest absolute Gasteiger partial charge is 0.240 e. The van der Waals surface area contributed by atoms with Crippen molar-refractivity contribution in [1.82, 2.24) is 14.9 Å². The van der Waals surface area contributed by atoms with Crippen LogP contribution < -0.4 is 10.0 Å². The average Bonchev–Trinajstić information content (AvgIpc) is 2.45. The average molecular weight is 362 g/mol. The lowest BCUT2D eigenvalue weighted by molar-refractivity contribution is 0.239. The molecule has 0 saturated carbocycles. The second kappa shape index (κ2) is 7.51. The molecule has 0 atom stereocenters. The molecule has 0 radical (unpaired) electrons. The number of hydrogen-bond acceptors (Lipinski definition) is 4. The zero-order chi connectivity index (χ0) is 14.4. The van der Waals surface area contributed by atoms with Crippen LogP contribution in [0.5, 0.6) is 0 Å². The first-order valence-electron chi connectivity index (χ1n) is 6.76. The maximum atomic E-state index is 12.0. The van der Waals surface area contributed by atoms with Crippen molar-refractivity contribution in [2.24, 2.45) is 0 Å². The predicted molar refractivity (Wildman–Crippen MR) is 83.3 cm³/mol. The van der Waals surface area contributed by atoms with Crippen molar-refractivity contribution in [1.29, 1.82) is 0 Å². The molecule has 0 amide bonds. The Balaban J connectivity index is 1.76. The molecular formula is C13H20BrN3O2S. The zero-order valence-electron chi connectivity index (χ0n) is 11.3. The van der Waals surface area contributed by atoms with E-state index in [4.69, 9.17) is 0 Å². The fourth-order valence-electron chi connectivity index (χ4n) is 2.14. The van der Waals surface area contributed by atoms with E-state index in [2.05, 4.69) is 30.9 Å². The highest BCUT2D eigenvalue weighted by molar-refractivity contribution is 9.10. The van der Waals surface area contributed by atoms with E-state index in [-0.39, 0.29) is 0 Å². The van der Waals surface area contributed by atoms with Gasteiger partial charge in [-0.3, -0.25) is 0 Å². The van der Waals surface area contributed by atoms with Gasteiger partial charge in [-0.1, -0.05) is 15.9 Å². The molecule has 1 aromatic rings. The lowest BCUT2D eigenvalue weighted by Gasteiger charge is -2.27. The summed E-state index contributed by atoms with van der Waals surface area (Å²) in [6, 6.07) is 6.66. The van der Waals surface area contributed by atoms with Crippen LogP contribution in [0.25, 0.3) is 0 Å². The van der Waals surface area contributed by atoms with Gasteiger partial charge >= 0.3 is 0 Å². The van der Waals surface area contributed by atoms with Crippen molar-refractivity contribution in [3.63, 3.8) is 0 Å². The lowest BCUT2D eigenvalue weighted by Crippen LogP contribution is -2.44. The van der Waals surface area contributed by atoms with Gasteiger partial charge in [0, 0.05) is 37.2 Å². The van der Waals surface area contributed by atoms with E-state index in [1.165, 1.54) is 0 Å². The molecule has 1 aliphatic heterocycles. The topological polar surface area (TPSA) is 61.4 Å². The third kappa shape index (κ3) is 4.82. The normalized spacial score (nSPS) is 17.2. The minimum atomic E-state index is -3.38. The summed E-state index contributed by atoms with van der Waals surface area (Å²) in [7, 11) is -3.38. The van der Waals surface area contributed by atoms with Crippen molar-refractivity contribution in [3.8, 4) is 0 Å². The fraction of sp³-hybridized carbons (Fsp3) is 0.538. The first kappa shape index (κ1) is 15.9. The number of piperazine rings is 1. The van der Waals surface area contributed by atoms with E-state index in [1.54, 1.807) is 24.3 Å². The second-order valence-corrected chi connectivity index (χ2v) is 7.48. The largest absolute Gasteiger partial charge is 0.314 e. The first-order valence-corrected chi connectivity index (χ1v) is 9.04. The maximum Gasteiger partial charge on any atom is 0.240 e. The highest BCUT2D eigenvalue weighted by Crippen LogP contribution is 2.14. The molecule has 0 unspecified atom stereocenters. The van der Waals surface area contributed by atoms with Gasteiger partial charge in [-0.2, -0.15) is 0 Å². The second-order valence-electron chi connectivity index (χ2n) is 4.80. The van der Waals surface area contributed by atoms with Crippen LogP contribution in [0.4, 0.5) is 0 Å². The van der Waals surface area contributed by atoms with Gasteiger partial charge in [-0.05, 0) is 37.2 Å². The summed E-state index contributed by atoms with van der Waals surface area (Å²) in [6.45, 7) is 5.53. The third-order valence-corrected chi connectivity index (χ3v) is 5.28. The Hall–Kier alpha value is -0.470. The number of benzene rings is 1. The number of nitrogens with zero attached hydrogens (tertiary/aromatic N) is 1. The molecule has 1 aliphatic rings. The summed E-state index contributed by atoms with van der Waals surface area (Å²) in [5, 5.41) is 3.30. The van der Waals surface area contributed by atoms with Crippen LogP contribution in [-0.4, -0.2) is 52.6 Å². The van der Waals surface area contributed by atoms with E-state index in [9.17, 15) is 8.42 Å². The van der Waals surface area contributed by atoms with Crippen LogP contribution in [0.1, 0.15) is 6.42 Å². The number of rotatable bonds is 6. The van der Waals surface area contributed by atoms with Gasteiger partial charge in [0.05, 0.1) is 4.90 Å². The maximum absolute atomic E-state index is 12.0. The highest BCUT2D eigenvalue weighted by atomic mass is 79.9. The summed E-state index contributed by atoms with van der Waals surface area (Å²) >= 11 is 3.29. The molecule has 1 fully saturated rings. The molecule has 1 saturated heterocycles. The Morgan fingerprint density at radius 3 is 2.50 bits per heavy atom. The summed E-state index contributed by atoms with van der Waals surface area (Å²) in [5.41, 5.74) is 0. The molecular weight excluding hydrogens is 342 g/mol. The van der Waals surface area contributed by atoms with Crippen molar-refractivity contribution in [2.45, 2.75) is 11.3 Å². The molecule has 0 aromatic heterocycles. The molecule has 2 rings (SSSR count). The SMILES string of the molecule is O=S(=O)(NCCCN1CCNCC1)c1ccc(Br)cc1. The van der Waals surface area contributed by atoms with Crippen molar-refractivity contribution in [3.05, 3.63) is 28.7 Å². The molecule has 2 N–H and O–H groups in total. The molecule has 0 aliphatic carbocycles. The molecule has 7 heteroatoms. The Morgan fingerprint density at radius 2 is 1.85 bits per heavy atom. The molecule has 0 bridgehead atoms. The molecule has 5 nitrogen and oxygen atoms in total. The van der Waals surface area contributed by atoms with Gasteiger partial charge in [0.15, 0.2) is 0 Å². The van der Waals surface area contributed by atoms with Crippen LogP contribution in [0.3, 0.4) is 0 Å². The van der Waals surface area contributed by atoms with Crippen LogP contribution in [-0.2, 0) is 10.0 Å². The summed E-state index contributed by atoms with van der Waals surface area (Å²) < 4.78 is 27.6. The van der Waals surface area contributed by atoms with Gasteiger partial charge in [-0.25, -0.2) is 13.1 Å². The van der Waals surface area contributed by atoms with Gasteiger partial charge < -0.3 is 10.2 Å². The van der Waals surface area contributed by atoms with Crippen molar-refractivity contribution in [2.75, 3.05) is 39.3 Å². The summed E-state index contributed by atoms with van der Waals surface area (Å²) in [4.78, 5) is 2.66. The van der Waals surface area contributed by atoms with Crippen LogP contribution in [0.15, 0.2) is 33.6 Å². The molecule has 112 valence electrons. The van der Waals surface area contributed by atoms with E-state index >= 15 is 0 Å². The van der Waals surface area contributed by atoms with E-state index in [0.29, 0.717) is 11.4 Å². The zero-order valence-corrected chi connectivity index (χ0v) is 13.7. The van der Waals surface area contributed by atoms with Gasteiger partial charge in [0.2, 0.25) is 10.0 Å².